The molecule has 0 unspecified atom stereocenters. The number of carbonyl (C=O) groups excluding carboxylic acids is 1. The first-order valence-electron chi connectivity index (χ1n) is 5.99. The highest BCUT2D eigenvalue weighted by Gasteiger charge is 2.19. The van der Waals surface area contributed by atoms with E-state index in [1.54, 1.807) is 19.9 Å². The molecular weight excluding hydrogens is 348 g/mol. The van der Waals surface area contributed by atoms with E-state index < -0.39 is 16.0 Å². The number of nitrogen functional groups attached to an aromatic ring is 1. The van der Waals surface area contributed by atoms with Crippen LogP contribution in [0.2, 0.25) is 0 Å². The molecule has 1 aromatic rings. The Morgan fingerprint density at radius 1 is 1.45 bits per heavy atom. The maximum absolute atomic E-state index is 12.2. The van der Waals surface area contributed by atoms with Crippen molar-refractivity contribution in [2.45, 2.75) is 25.2 Å². The van der Waals surface area contributed by atoms with E-state index >= 15 is 0 Å². The van der Waals surface area contributed by atoms with Gasteiger partial charge in [-0.2, -0.15) is 0 Å². The summed E-state index contributed by atoms with van der Waals surface area (Å²) in [5.74, 6) is -0.444. The molecule has 0 radical (unpaired) electrons. The molecule has 6 nitrogen and oxygen atoms in total. The fraction of sp³-hybridized carbons (Fsp3) is 0.417. The number of ether oxygens (including phenoxy) is 1. The molecule has 0 amide bonds. The van der Waals surface area contributed by atoms with E-state index in [-0.39, 0.29) is 24.5 Å². The van der Waals surface area contributed by atoms with Gasteiger partial charge in [-0.05, 0) is 31.5 Å². The third-order valence-electron chi connectivity index (χ3n) is 2.58. The Morgan fingerprint density at radius 3 is 2.70 bits per heavy atom. The van der Waals surface area contributed by atoms with Gasteiger partial charge >= 0.3 is 5.97 Å². The van der Waals surface area contributed by atoms with E-state index in [0.29, 0.717) is 15.7 Å². The van der Waals surface area contributed by atoms with Crippen LogP contribution in [0.1, 0.15) is 18.9 Å². The lowest BCUT2D eigenvalue weighted by molar-refractivity contribution is -0.142. The van der Waals surface area contributed by atoms with Crippen LogP contribution in [0.5, 0.6) is 0 Å². The van der Waals surface area contributed by atoms with Crippen LogP contribution in [0.25, 0.3) is 0 Å². The lowest BCUT2D eigenvalue weighted by atomic mass is 10.2. The van der Waals surface area contributed by atoms with E-state index in [4.69, 9.17) is 10.5 Å². The summed E-state index contributed by atoms with van der Waals surface area (Å²) in [6.07, 6.45) is -0.0183. The molecule has 0 aliphatic heterocycles. The minimum absolute atomic E-state index is 0.0183. The normalized spacial score (nSPS) is 11.3. The van der Waals surface area contributed by atoms with Gasteiger partial charge < -0.3 is 10.5 Å². The number of benzene rings is 1. The van der Waals surface area contributed by atoms with Crippen molar-refractivity contribution in [3.8, 4) is 0 Å². The number of esters is 1. The van der Waals surface area contributed by atoms with Gasteiger partial charge in [0.2, 0.25) is 10.0 Å². The number of carbonyl (C=O) groups is 1. The molecule has 0 fully saturated rings. The van der Waals surface area contributed by atoms with Crippen molar-refractivity contribution >= 4 is 37.6 Å². The summed E-state index contributed by atoms with van der Waals surface area (Å²) >= 11 is 3.21. The van der Waals surface area contributed by atoms with Crippen LogP contribution in [0.3, 0.4) is 0 Å². The van der Waals surface area contributed by atoms with Crippen molar-refractivity contribution in [2.75, 3.05) is 18.9 Å². The van der Waals surface area contributed by atoms with Gasteiger partial charge in [0, 0.05) is 16.7 Å². The first-order valence-corrected chi connectivity index (χ1v) is 8.26. The fourth-order valence-electron chi connectivity index (χ4n) is 1.55. The molecule has 1 aromatic carbocycles. The number of nitrogens with two attached hydrogens (primary N) is 1. The lowest BCUT2D eigenvalue weighted by Gasteiger charge is -2.11. The van der Waals surface area contributed by atoms with Gasteiger partial charge in [-0.1, -0.05) is 15.9 Å². The summed E-state index contributed by atoms with van der Waals surface area (Å²) < 4.78 is 32.0. The van der Waals surface area contributed by atoms with Crippen LogP contribution in [0.4, 0.5) is 5.69 Å². The van der Waals surface area contributed by atoms with Crippen molar-refractivity contribution < 1.29 is 17.9 Å². The third kappa shape index (κ3) is 4.46. The summed E-state index contributed by atoms with van der Waals surface area (Å²) in [6, 6.07) is 3.10. The number of hydrogen-bond donors (Lipinski definition) is 2. The minimum atomic E-state index is -3.71. The zero-order valence-electron chi connectivity index (χ0n) is 11.3. The van der Waals surface area contributed by atoms with Crippen molar-refractivity contribution in [1.29, 1.82) is 0 Å². The maximum Gasteiger partial charge on any atom is 0.307 e. The number of sulfonamides is 1. The van der Waals surface area contributed by atoms with Gasteiger partial charge in [0.1, 0.15) is 0 Å². The number of hydrogen-bond acceptors (Lipinski definition) is 5. The molecule has 0 aromatic heterocycles. The van der Waals surface area contributed by atoms with Gasteiger partial charge in [-0.3, -0.25) is 4.79 Å². The Bertz CT molecular complexity index is 602. The van der Waals surface area contributed by atoms with Gasteiger partial charge in [0.15, 0.2) is 0 Å². The van der Waals surface area contributed by atoms with Crippen molar-refractivity contribution in [1.82, 2.24) is 4.72 Å². The molecule has 0 spiro atoms. The van der Waals surface area contributed by atoms with Crippen molar-refractivity contribution in [3.05, 3.63) is 22.2 Å². The van der Waals surface area contributed by atoms with E-state index in [1.165, 1.54) is 6.07 Å². The van der Waals surface area contributed by atoms with E-state index in [9.17, 15) is 13.2 Å². The summed E-state index contributed by atoms with van der Waals surface area (Å²) in [5, 5.41) is 0. The zero-order valence-corrected chi connectivity index (χ0v) is 13.7. The average molecular weight is 365 g/mol. The Morgan fingerprint density at radius 2 is 2.10 bits per heavy atom. The molecule has 112 valence electrons. The van der Waals surface area contributed by atoms with E-state index in [2.05, 4.69) is 20.7 Å². The highest BCUT2D eigenvalue weighted by molar-refractivity contribution is 9.10. The monoisotopic (exact) mass is 364 g/mol. The van der Waals surface area contributed by atoms with Gasteiger partial charge in [0.25, 0.3) is 0 Å². The summed E-state index contributed by atoms with van der Waals surface area (Å²) in [6.45, 7) is 3.57. The van der Waals surface area contributed by atoms with Crippen molar-refractivity contribution in [3.63, 3.8) is 0 Å². The number of anilines is 1. The molecule has 0 heterocycles. The first-order chi connectivity index (χ1) is 9.27. The second-order valence-electron chi connectivity index (χ2n) is 4.07. The average Bonchev–Trinajstić information content (AvgIpc) is 2.33. The highest BCUT2D eigenvalue weighted by atomic mass is 79.9. The lowest BCUT2D eigenvalue weighted by Crippen LogP contribution is -2.27. The molecule has 20 heavy (non-hydrogen) atoms. The largest absolute Gasteiger partial charge is 0.466 e. The Kier molecular flexibility index (Phi) is 5.97. The van der Waals surface area contributed by atoms with Crippen molar-refractivity contribution in [2.24, 2.45) is 0 Å². The molecule has 0 aliphatic carbocycles. The minimum Gasteiger partial charge on any atom is -0.466 e. The molecule has 0 saturated carbocycles. The second-order valence-corrected chi connectivity index (χ2v) is 6.72. The molecule has 0 bridgehead atoms. The molecule has 1 rings (SSSR count). The maximum atomic E-state index is 12.2. The van der Waals surface area contributed by atoms with Crippen LogP contribution >= 0.6 is 15.9 Å². The Hall–Kier alpha value is -1.12. The molecular formula is C12H17BrN2O4S. The topological polar surface area (TPSA) is 98.5 Å². The number of rotatable bonds is 6. The predicted octanol–water partition coefficient (Wildman–Crippen LogP) is 1.57. The molecule has 0 saturated heterocycles. The molecule has 3 N–H and O–H groups in total. The summed E-state index contributed by atoms with van der Waals surface area (Å²) in [7, 11) is -3.71. The third-order valence-corrected chi connectivity index (χ3v) is 4.63. The number of halogens is 1. The molecule has 0 atom stereocenters. The van der Waals surface area contributed by atoms with Gasteiger partial charge in [-0.25, -0.2) is 13.1 Å². The fourth-order valence-corrected chi connectivity index (χ4v) is 3.51. The molecule has 0 aliphatic rings. The van der Waals surface area contributed by atoms with Crippen LogP contribution < -0.4 is 10.5 Å². The van der Waals surface area contributed by atoms with Crippen LogP contribution in [0.15, 0.2) is 21.5 Å². The summed E-state index contributed by atoms with van der Waals surface area (Å²) in [5.41, 5.74) is 6.59. The SMILES string of the molecule is CCOC(=O)CCNS(=O)(=O)c1cc(Br)cc(N)c1C. The van der Waals surface area contributed by atoms with Crippen LogP contribution in [-0.2, 0) is 19.6 Å². The Balaban J connectivity index is 2.82. The van der Waals surface area contributed by atoms with Crippen LogP contribution in [0, 0.1) is 6.92 Å². The van der Waals surface area contributed by atoms with Gasteiger partial charge in [0.05, 0.1) is 17.9 Å². The number of nitrogens with one attached hydrogen (secondary N) is 1. The standard InChI is InChI=1S/C12H17BrN2O4S/c1-3-19-12(16)4-5-15-20(17,18)11-7-9(13)6-10(14)8(11)2/h6-7,15H,3-5,14H2,1-2H3. The van der Waals surface area contributed by atoms with Crippen LogP contribution in [-0.4, -0.2) is 27.5 Å². The Labute approximate surface area is 126 Å². The zero-order chi connectivity index (χ0) is 15.3. The van der Waals surface area contributed by atoms with E-state index in [1.807, 2.05) is 0 Å². The predicted molar refractivity (Wildman–Crippen MR) is 79.7 cm³/mol. The van der Waals surface area contributed by atoms with Gasteiger partial charge in [-0.15, -0.1) is 0 Å². The second kappa shape index (κ2) is 7.05. The quantitative estimate of drug-likeness (QED) is 0.589. The highest BCUT2D eigenvalue weighted by Crippen LogP contribution is 2.26. The van der Waals surface area contributed by atoms with E-state index in [0.717, 1.165) is 0 Å². The first kappa shape index (κ1) is 16.9. The summed E-state index contributed by atoms with van der Waals surface area (Å²) in [4.78, 5) is 11.2. The molecule has 8 heteroatoms. The smallest absolute Gasteiger partial charge is 0.307 e.